The number of aromatic nitrogens is 4. The van der Waals surface area contributed by atoms with E-state index in [0.29, 0.717) is 6.61 Å². The number of nitrogens with zero attached hydrogens (tertiary/aromatic N) is 4. The number of hydrogen-bond acceptors (Lipinski definition) is 6. The SMILES string of the molecule is CC(C)(C)c1ccc(OCCCSc2nnnn2CC2CCCO2)cc1. The molecular weight excluding hydrogens is 348 g/mol. The van der Waals surface area contributed by atoms with Crippen LogP contribution in [0.5, 0.6) is 5.75 Å². The van der Waals surface area contributed by atoms with Gasteiger partial charge in [0.1, 0.15) is 5.75 Å². The Kier molecular flexibility index (Phi) is 6.53. The van der Waals surface area contributed by atoms with Crippen molar-refractivity contribution in [2.45, 2.75) is 63.3 Å². The zero-order valence-electron chi connectivity index (χ0n) is 15.9. The molecule has 0 aliphatic carbocycles. The van der Waals surface area contributed by atoms with E-state index < -0.39 is 0 Å². The molecule has 0 saturated carbocycles. The van der Waals surface area contributed by atoms with Crippen LogP contribution in [0.15, 0.2) is 29.4 Å². The smallest absolute Gasteiger partial charge is 0.209 e. The van der Waals surface area contributed by atoms with Crippen LogP contribution in [0, 0.1) is 0 Å². The van der Waals surface area contributed by atoms with Crippen LogP contribution >= 0.6 is 11.8 Å². The predicted molar refractivity (Wildman–Crippen MR) is 103 cm³/mol. The molecule has 142 valence electrons. The van der Waals surface area contributed by atoms with Crippen LogP contribution in [-0.4, -0.2) is 45.3 Å². The van der Waals surface area contributed by atoms with E-state index in [1.807, 2.05) is 4.68 Å². The van der Waals surface area contributed by atoms with Gasteiger partial charge in [-0.15, -0.1) is 5.10 Å². The van der Waals surface area contributed by atoms with Crippen LogP contribution in [0.2, 0.25) is 0 Å². The monoisotopic (exact) mass is 376 g/mol. The molecular formula is C19H28N4O2S. The summed E-state index contributed by atoms with van der Waals surface area (Å²) < 4.78 is 13.3. The maximum absolute atomic E-state index is 5.84. The van der Waals surface area contributed by atoms with Crippen molar-refractivity contribution < 1.29 is 9.47 Å². The molecule has 1 aromatic carbocycles. The minimum atomic E-state index is 0.169. The van der Waals surface area contributed by atoms with Crippen molar-refractivity contribution in [3.05, 3.63) is 29.8 Å². The van der Waals surface area contributed by atoms with Crippen molar-refractivity contribution in [1.29, 1.82) is 0 Å². The minimum Gasteiger partial charge on any atom is -0.494 e. The van der Waals surface area contributed by atoms with E-state index in [1.165, 1.54) is 5.56 Å². The molecule has 3 rings (SSSR count). The van der Waals surface area contributed by atoms with Crippen molar-refractivity contribution in [2.75, 3.05) is 19.0 Å². The van der Waals surface area contributed by atoms with Gasteiger partial charge in [-0.3, -0.25) is 0 Å². The average Bonchev–Trinajstić information content (AvgIpc) is 3.27. The predicted octanol–water partition coefficient (Wildman–Crippen LogP) is 3.71. The van der Waals surface area contributed by atoms with E-state index in [9.17, 15) is 0 Å². The second kappa shape index (κ2) is 8.86. The molecule has 7 heteroatoms. The fraction of sp³-hybridized carbons (Fsp3) is 0.632. The lowest BCUT2D eigenvalue weighted by molar-refractivity contribution is 0.0912. The lowest BCUT2D eigenvalue weighted by atomic mass is 9.87. The summed E-state index contributed by atoms with van der Waals surface area (Å²) in [6.07, 6.45) is 3.41. The zero-order chi connectivity index (χ0) is 18.4. The maximum Gasteiger partial charge on any atom is 0.209 e. The van der Waals surface area contributed by atoms with E-state index in [4.69, 9.17) is 9.47 Å². The Hall–Kier alpha value is -1.60. The van der Waals surface area contributed by atoms with E-state index in [2.05, 4.69) is 60.6 Å². The number of tetrazole rings is 1. The van der Waals surface area contributed by atoms with Gasteiger partial charge in [0, 0.05) is 12.4 Å². The van der Waals surface area contributed by atoms with Crippen molar-refractivity contribution >= 4 is 11.8 Å². The summed E-state index contributed by atoms with van der Waals surface area (Å²) in [7, 11) is 0. The highest BCUT2D eigenvalue weighted by molar-refractivity contribution is 7.99. The van der Waals surface area contributed by atoms with Gasteiger partial charge in [-0.2, -0.15) is 0 Å². The van der Waals surface area contributed by atoms with Gasteiger partial charge < -0.3 is 9.47 Å². The van der Waals surface area contributed by atoms with Gasteiger partial charge in [-0.1, -0.05) is 44.7 Å². The fourth-order valence-electron chi connectivity index (χ4n) is 2.86. The van der Waals surface area contributed by atoms with Crippen LogP contribution in [0.4, 0.5) is 0 Å². The molecule has 6 nitrogen and oxygen atoms in total. The second-order valence-corrected chi connectivity index (χ2v) is 8.67. The van der Waals surface area contributed by atoms with Gasteiger partial charge in [-0.05, 0) is 52.8 Å². The number of hydrogen-bond donors (Lipinski definition) is 0. The average molecular weight is 377 g/mol. The van der Waals surface area contributed by atoms with Crippen molar-refractivity contribution in [3.63, 3.8) is 0 Å². The maximum atomic E-state index is 5.84. The molecule has 1 unspecified atom stereocenters. The summed E-state index contributed by atoms with van der Waals surface area (Å²) in [6, 6.07) is 8.39. The molecule has 26 heavy (non-hydrogen) atoms. The number of rotatable bonds is 8. The summed E-state index contributed by atoms with van der Waals surface area (Å²) in [5.41, 5.74) is 1.49. The zero-order valence-corrected chi connectivity index (χ0v) is 16.7. The molecule has 2 heterocycles. The summed E-state index contributed by atoms with van der Waals surface area (Å²) >= 11 is 1.67. The van der Waals surface area contributed by atoms with Crippen LogP contribution in [-0.2, 0) is 16.7 Å². The lowest BCUT2D eigenvalue weighted by Crippen LogP contribution is -2.17. The highest BCUT2D eigenvalue weighted by atomic mass is 32.2. The Morgan fingerprint density at radius 1 is 1.27 bits per heavy atom. The lowest BCUT2D eigenvalue weighted by Gasteiger charge is -2.19. The molecule has 1 aromatic heterocycles. The summed E-state index contributed by atoms with van der Waals surface area (Å²) in [4.78, 5) is 0. The van der Waals surface area contributed by atoms with Crippen molar-refractivity contribution in [3.8, 4) is 5.75 Å². The third kappa shape index (κ3) is 5.45. The topological polar surface area (TPSA) is 62.1 Å². The number of thioether (sulfide) groups is 1. The van der Waals surface area contributed by atoms with Crippen LogP contribution < -0.4 is 4.74 Å². The Balaban J connectivity index is 1.37. The quantitative estimate of drug-likeness (QED) is 0.517. The van der Waals surface area contributed by atoms with Crippen molar-refractivity contribution in [2.24, 2.45) is 0 Å². The van der Waals surface area contributed by atoms with Gasteiger partial charge in [0.15, 0.2) is 0 Å². The molecule has 1 fully saturated rings. The summed E-state index contributed by atoms with van der Waals surface area (Å²) in [5.74, 6) is 1.85. The standard InChI is InChI=1S/C19H28N4O2S/c1-19(2,3)15-7-9-16(10-8-15)24-12-5-13-26-18-20-21-22-23(18)14-17-6-4-11-25-17/h7-10,17H,4-6,11-14H2,1-3H3. The molecule has 0 spiro atoms. The Labute approximate surface area is 159 Å². The first kappa shape index (κ1) is 19.2. The van der Waals surface area contributed by atoms with Crippen molar-refractivity contribution in [1.82, 2.24) is 20.2 Å². The second-order valence-electron chi connectivity index (χ2n) is 7.60. The molecule has 1 saturated heterocycles. The van der Waals surface area contributed by atoms with Gasteiger partial charge in [0.05, 0.1) is 19.3 Å². The molecule has 2 aromatic rings. The van der Waals surface area contributed by atoms with Crippen LogP contribution in [0.1, 0.15) is 45.6 Å². The third-order valence-corrected chi connectivity index (χ3v) is 5.45. The summed E-state index contributed by atoms with van der Waals surface area (Å²) in [5, 5.41) is 12.8. The van der Waals surface area contributed by atoms with Gasteiger partial charge in [0.25, 0.3) is 0 Å². The minimum absolute atomic E-state index is 0.169. The fourth-order valence-corrected chi connectivity index (χ4v) is 3.66. The Bertz CT molecular complexity index is 676. The first-order chi connectivity index (χ1) is 12.5. The summed E-state index contributed by atoms with van der Waals surface area (Å²) in [6.45, 7) is 8.93. The molecule has 0 amide bonds. The van der Waals surface area contributed by atoms with Crippen LogP contribution in [0.25, 0.3) is 0 Å². The largest absolute Gasteiger partial charge is 0.494 e. The Morgan fingerprint density at radius 3 is 2.77 bits per heavy atom. The molecule has 0 bridgehead atoms. The first-order valence-corrected chi connectivity index (χ1v) is 10.2. The van der Waals surface area contributed by atoms with Gasteiger partial charge in [-0.25, -0.2) is 4.68 Å². The number of benzene rings is 1. The molecule has 1 aliphatic heterocycles. The van der Waals surface area contributed by atoms with E-state index >= 15 is 0 Å². The number of ether oxygens (including phenoxy) is 2. The Morgan fingerprint density at radius 2 is 2.08 bits per heavy atom. The molecule has 0 N–H and O–H groups in total. The van der Waals surface area contributed by atoms with Crippen LogP contribution in [0.3, 0.4) is 0 Å². The van der Waals surface area contributed by atoms with E-state index in [1.54, 1.807) is 11.8 Å². The highest BCUT2D eigenvalue weighted by Gasteiger charge is 2.18. The normalized spacial score (nSPS) is 17.6. The molecule has 1 atom stereocenters. The van der Waals surface area contributed by atoms with Gasteiger partial charge >= 0.3 is 0 Å². The molecule has 1 aliphatic rings. The van der Waals surface area contributed by atoms with Gasteiger partial charge in [0.2, 0.25) is 5.16 Å². The van der Waals surface area contributed by atoms with E-state index in [-0.39, 0.29) is 11.5 Å². The van der Waals surface area contributed by atoms with E-state index in [0.717, 1.165) is 49.1 Å². The molecule has 0 radical (unpaired) electrons. The highest BCUT2D eigenvalue weighted by Crippen LogP contribution is 2.24. The third-order valence-electron chi connectivity index (χ3n) is 4.41. The first-order valence-electron chi connectivity index (χ1n) is 9.26.